The van der Waals surface area contributed by atoms with E-state index in [4.69, 9.17) is 11.7 Å². The zero-order valence-corrected chi connectivity index (χ0v) is 8.94. The van der Waals surface area contributed by atoms with Crippen LogP contribution in [0.25, 0.3) is 0 Å². The molecule has 0 unspecified atom stereocenters. The molecule has 0 heterocycles. The number of nitriles is 1. The quantitative estimate of drug-likeness (QED) is 0.778. The van der Waals surface area contributed by atoms with E-state index in [-0.39, 0.29) is 11.3 Å². The normalized spacial score (nSPS) is 10.4. The fourth-order valence-electron chi connectivity index (χ4n) is 1.11. The number of nitrogens with one attached hydrogen (secondary N) is 1. The van der Waals surface area contributed by atoms with Crippen molar-refractivity contribution in [1.29, 1.82) is 5.26 Å². The third-order valence-electron chi connectivity index (χ3n) is 2.01. The van der Waals surface area contributed by atoms with E-state index in [1.54, 1.807) is 19.9 Å². The van der Waals surface area contributed by atoms with Crippen molar-refractivity contribution in [3.05, 3.63) is 29.3 Å². The molecule has 0 aliphatic rings. The Bertz CT molecular complexity index is 493. The van der Waals surface area contributed by atoms with Crippen molar-refractivity contribution in [3.8, 4) is 18.4 Å². The molecule has 16 heavy (non-hydrogen) atoms. The van der Waals surface area contributed by atoms with Gasteiger partial charge in [-0.1, -0.05) is 5.92 Å². The van der Waals surface area contributed by atoms with Gasteiger partial charge in [-0.25, -0.2) is 8.78 Å². The molecule has 1 aromatic carbocycles. The topological polar surface area (TPSA) is 35.8 Å². The van der Waals surface area contributed by atoms with E-state index < -0.39 is 17.2 Å². The lowest BCUT2D eigenvalue weighted by molar-refractivity contribution is 0.506. The molecule has 4 heteroatoms. The summed E-state index contributed by atoms with van der Waals surface area (Å²) < 4.78 is 26.7. The molecule has 0 radical (unpaired) electrons. The van der Waals surface area contributed by atoms with Gasteiger partial charge in [0.15, 0.2) is 11.6 Å². The Morgan fingerprint density at radius 1 is 1.31 bits per heavy atom. The summed E-state index contributed by atoms with van der Waals surface area (Å²) in [4.78, 5) is 0. The predicted molar refractivity (Wildman–Crippen MR) is 57.6 cm³/mol. The van der Waals surface area contributed by atoms with Crippen molar-refractivity contribution in [1.82, 2.24) is 0 Å². The minimum Gasteiger partial charge on any atom is -0.367 e. The maximum absolute atomic E-state index is 13.5. The van der Waals surface area contributed by atoms with Crippen LogP contribution in [-0.2, 0) is 0 Å². The number of hydrogen-bond acceptors (Lipinski definition) is 2. The van der Waals surface area contributed by atoms with Crippen LogP contribution in [0, 0.1) is 35.3 Å². The summed E-state index contributed by atoms with van der Waals surface area (Å²) >= 11 is 0. The monoisotopic (exact) mass is 220 g/mol. The van der Waals surface area contributed by atoms with E-state index in [2.05, 4.69) is 11.2 Å². The minimum absolute atomic E-state index is 0.0561. The fourth-order valence-corrected chi connectivity index (χ4v) is 1.11. The second-order valence-electron chi connectivity index (χ2n) is 3.79. The number of rotatable bonds is 2. The molecule has 0 amide bonds. The standard InChI is InChI=1S/C12H10F2N2/c1-4-12(2,3)16-9-6-5-8(7-15)10(13)11(9)14/h1,5-6,16H,2-3H3. The van der Waals surface area contributed by atoms with Gasteiger partial charge in [-0.2, -0.15) is 5.26 Å². The van der Waals surface area contributed by atoms with Crippen LogP contribution in [0.1, 0.15) is 19.4 Å². The molecule has 0 aromatic heterocycles. The largest absolute Gasteiger partial charge is 0.367 e. The zero-order valence-electron chi connectivity index (χ0n) is 8.94. The molecule has 1 rings (SSSR count). The van der Waals surface area contributed by atoms with Gasteiger partial charge in [0.2, 0.25) is 0 Å². The number of anilines is 1. The second kappa shape index (κ2) is 4.20. The first kappa shape index (κ1) is 12.0. The second-order valence-corrected chi connectivity index (χ2v) is 3.79. The first-order valence-electron chi connectivity index (χ1n) is 4.55. The fraction of sp³-hybridized carbons (Fsp3) is 0.250. The van der Waals surface area contributed by atoms with Gasteiger partial charge in [-0.15, -0.1) is 6.42 Å². The Kier molecular flexibility index (Phi) is 3.15. The predicted octanol–water partition coefficient (Wildman–Crippen LogP) is 2.66. The van der Waals surface area contributed by atoms with Gasteiger partial charge < -0.3 is 5.32 Å². The van der Waals surface area contributed by atoms with Crippen LogP contribution < -0.4 is 5.32 Å². The van der Waals surface area contributed by atoms with Crippen LogP contribution in [0.3, 0.4) is 0 Å². The molecule has 0 saturated carbocycles. The third-order valence-corrected chi connectivity index (χ3v) is 2.01. The van der Waals surface area contributed by atoms with Crippen molar-refractivity contribution >= 4 is 5.69 Å². The van der Waals surface area contributed by atoms with Crippen LogP contribution in [0.5, 0.6) is 0 Å². The molecule has 0 spiro atoms. The zero-order chi connectivity index (χ0) is 12.3. The maximum Gasteiger partial charge on any atom is 0.183 e. The van der Waals surface area contributed by atoms with E-state index >= 15 is 0 Å². The highest BCUT2D eigenvalue weighted by atomic mass is 19.2. The van der Waals surface area contributed by atoms with Crippen molar-refractivity contribution < 1.29 is 8.78 Å². The summed E-state index contributed by atoms with van der Waals surface area (Å²) in [7, 11) is 0. The van der Waals surface area contributed by atoms with E-state index in [1.807, 2.05) is 0 Å². The summed E-state index contributed by atoms with van der Waals surface area (Å²) in [5, 5.41) is 11.2. The number of nitrogens with zero attached hydrogens (tertiary/aromatic N) is 1. The van der Waals surface area contributed by atoms with E-state index in [0.29, 0.717) is 0 Å². The van der Waals surface area contributed by atoms with Gasteiger partial charge in [-0.3, -0.25) is 0 Å². The molecule has 2 nitrogen and oxygen atoms in total. The minimum atomic E-state index is -1.17. The average Bonchev–Trinajstić information content (AvgIpc) is 2.25. The highest BCUT2D eigenvalue weighted by Gasteiger charge is 2.19. The van der Waals surface area contributed by atoms with Gasteiger partial charge in [-0.05, 0) is 26.0 Å². The van der Waals surface area contributed by atoms with Gasteiger partial charge in [0.25, 0.3) is 0 Å². The van der Waals surface area contributed by atoms with Crippen molar-refractivity contribution in [2.45, 2.75) is 19.4 Å². The smallest absolute Gasteiger partial charge is 0.183 e. The Hall–Kier alpha value is -2.07. The lowest BCUT2D eigenvalue weighted by Crippen LogP contribution is -2.29. The first-order valence-corrected chi connectivity index (χ1v) is 4.55. The molecule has 0 aliphatic carbocycles. The molecule has 82 valence electrons. The van der Waals surface area contributed by atoms with Crippen molar-refractivity contribution in [3.63, 3.8) is 0 Å². The highest BCUT2D eigenvalue weighted by molar-refractivity contribution is 5.52. The summed E-state index contributed by atoms with van der Waals surface area (Å²) in [6.07, 6.45) is 5.22. The Morgan fingerprint density at radius 2 is 1.94 bits per heavy atom. The summed E-state index contributed by atoms with van der Waals surface area (Å²) in [5.41, 5.74) is -1.18. The van der Waals surface area contributed by atoms with Gasteiger partial charge in [0, 0.05) is 0 Å². The lowest BCUT2D eigenvalue weighted by Gasteiger charge is -2.21. The third kappa shape index (κ3) is 2.29. The molecule has 0 aliphatic heterocycles. The average molecular weight is 220 g/mol. The van der Waals surface area contributed by atoms with Crippen LogP contribution in [0.4, 0.5) is 14.5 Å². The van der Waals surface area contributed by atoms with Crippen LogP contribution >= 0.6 is 0 Å². The highest BCUT2D eigenvalue weighted by Crippen LogP contribution is 2.22. The van der Waals surface area contributed by atoms with Crippen LogP contribution in [0.2, 0.25) is 0 Å². The Labute approximate surface area is 92.9 Å². The number of benzene rings is 1. The molecular formula is C12H10F2N2. The lowest BCUT2D eigenvalue weighted by atomic mass is 10.1. The van der Waals surface area contributed by atoms with Crippen LogP contribution in [-0.4, -0.2) is 5.54 Å². The molecule has 1 aromatic rings. The number of hydrogen-bond donors (Lipinski definition) is 1. The van der Waals surface area contributed by atoms with Crippen molar-refractivity contribution in [2.75, 3.05) is 5.32 Å². The number of halogens is 2. The molecular weight excluding hydrogens is 210 g/mol. The van der Waals surface area contributed by atoms with E-state index in [1.165, 1.54) is 12.1 Å². The SMILES string of the molecule is C#CC(C)(C)Nc1ccc(C#N)c(F)c1F. The molecule has 0 saturated heterocycles. The van der Waals surface area contributed by atoms with E-state index in [9.17, 15) is 8.78 Å². The molecule has 1 N–H and O–H groups in total. The molecule has 0 atom stereocenters. The number of terminal acetylenes is 1. The van der Waals surface area contributed by atoms with Crippen molar-refractivity contribution in [2.24, 2.45) is 0 Å². The van der Waals surface area contributed by atoms with Crippen LogP contribution in [0.15, 0.2) is 12.1 Å². The summed E-state index contributed by atoms with van der Waals surface area (Å²) in [6, 6.07) is 4.05. The van der Waals surface area contributed by atoms with Gasteiger partial charge in [0.05, 0.1) is 16.8 Å². The summed E-state index contributed by atoms with van der Waals surface area (Å²) in [5.74, 6) is 0.138. The maximum atomic E-state index is 13.5. The van der Waals surface area contributed by atoms with Gasteiger partial charge in [0.1, 0.15) is 6.07 Å². The first-order chi connectivity index (χ1) is 7.41. The molecule has 0 fully saturated rings. The summed E-state index contributed by atoms with van der Waals surface area (Å²) in [6.45, 7) is 3.31. The van der Waals surface area contributed by atoms with Gasteiger partial charge >= 0.3 is 0 Å². The van der Waals surface area contributed by atoms with E-state index in [0.717, 1.165) is 0 Å². The Balaban J connectivity index is 3.16. The molecule has 0 bridgehead atoms. The Morgan fingerprint density at radius 3 is 2.44 bits per heavy atom.